The second-order valence-electron chi connectivity index (χ2n) is 7.92. The number of para-hydroxylation sites is 1. The van der Waals surface area contributed by atoms with Gasteiger partial charge in [-0.3, -0.25) is 14.9 Å². The summed E-state index contributed by atoms with van der Waals surface area (Å²) < 4.78 is 0. The summed E-state index contributed by atoms with van der Waals surface area (Å²) in [5.41, 5.74) is 3.34. The van der Waals surface area contributed by atoms with Crippen LogP contribution in [0, 0.1) is 10.1 Å². The first-order valence-corrected chi connectivity index (χ1v) is 10.4. The van der Waals surface area contributed by atoms with Crippen molar-refractivity contribution in [2.24, 2.45) is 0 Å². The summed E-state index contributed by atoms with van der Waals surface area (Å²) in [6, 6.07) is 8.17. The number of aromatic nitrogens is 3. The number of H-pyrrole nitrogens is 1. The van der Waals surface area contributed by atoms with E-state index in [0.29, 0.717) is 50.9 Å². The van der Waals surface area contributed by atoms with Gasteiger partial charge in [0.25, 0.3) is 0 Å². The fourth-order valence-electron chi connectivity index (χ4n) is 4.59. The van der Waals surface area contributed by atoms with Crippen LogP contribution in [0.3, 0.4) is 0 Å². The van der Waals surface area contributed by atoms with Gasteiger partial charge in [-0.25, -0.2) is 9.97 Å². The highest BCUT2D eigenvalue weighted by Crippen LogP contribution is 2.37. The summed E-state index contributed by atoms with van der Waals surface area (Å²) in [5.74, 6) is 0.675. The molecule has 0 aliphatic carbocycles. The molecule has 31 heavy (non-hydrogen) atoms. The molecule has 0 unspecified atom stereocenters. The molecule has 5 rings (SSSR count). The third-order valence-corrected chi connectivity index (χ3v) is 6.17. The molecule has 1 aromatic carbocycles. The number of hydrogen-bond acceptors (Lipinski definition) is 7. The summed E-state index contributed by atoms with van der Waals surface area (Å²) in [6.45, 7) is 4.76. The van der Waals surface area contributed by atoms with Crippen molar-refractivity contribution in [2.75, 3.05) is 42.5 Å². The first-order valence-electron chi connectivity index (χ1n) is 10.4. The van der Waals surface area contributed by atoms with E-state index in [4.69, 9.17) is 0 Å². The Morgan fingerprint density at radius 3 is 2.48 bits per heavy atom. The van der Waals surface area contributed by atoms with Crippen molar-refractivity contribution in [3.8, 4) is 0 Å². The quantitative estimate of drug-likeness (QED) is 0.509. The Labute approximate surface area is 178 Å². The Balaban J connectivity index is 1.47. The number of piperazine rings is 1. The highest BCUT2D eigenvalue weighted by atomic mass is 16.6. The number of hydrogen-bond donors (Lipinski definition) is 1. The van der Waals surface area contributed by atoms with Gasteiger partial charge in [0.2, 0.25) is 17.5 Å². The van der Waals surface area contributed by atoms with Gasteiger partial charge in [-0.2, -0.15) is 0 Å². The summed E-state index contributed by atoms with van der Waals surface area (Å²) in [6.07, 6.45) is 2.18. The fourth-order valence-corrected chi connectivity index (χ4v) is 4.59. The zero-order valence-electron chi connectivity index (χ0n) is 17.2. The summed E-state index contributed by atoms with van der Waals surface area (Å²) in [7, 11) is 0. The van der Waals surface area contributed by atoms with Crippen molar-refractivity contribution in [2.45, 2.75) is 19.9 Å². The highest BCUT2D eigenvalue weighted by Gasteiger charge is 2.33. The lowest BCUT2D eigenvalue weighted by atomic mass is 10.0. The lowest BCUT2D eigenvalue weighted by molar-refractivity contribution is -0.383. The number of nitro groups is 1. The van der Waals surface area contributed by atoms with Crippen LogP contribution in [0.25, 0.3) is 10.9 Å². The van der Waals surface area contributed by atoms with E-state index in [-0.39, 0.29) is 16.5 Å². The van der Waals surface area contributed by atoms with E-state index < -0.39 is 0 Å². The SMILES string of the molecule is CC(=O)N1CCN(c2ncnc(N3CCc4c([nH]c5ccccc45)C3)c2[N+](=O)[O-])CC1. The first kappa shape index (κ1) is 19.3. The molecule has 1 N–H and O–H groups in total. The van der Waals surface area contributed by atoms with Crippen LogP contribution in [0.4, 0.5) is 17.3 Å². The second-order valence-corrected chi connectivity index (χ2v) is 7.92. The number of nitrogens with one attached hydrogen (secondary N) is 1. The van der Waals surface area contributed by atoms with Crippen molar-refractivity contribution >= 4 is 34.1 Å². The predicted molar refractivity (Wildman–Crippen MR) is 116 cm³/mol. The normalized spacial score (nSPS) is 16.5. The Kier molecular flexibility index (Phi) is 4.68. The molecule has 1 fully saturated rings. The van der Waals surface area contributed by atoms with Gasteiger partial charge in [-0.15, -0.1) is 0 Å². The van der Waals surface area contributed by atoms with E-state index in [1.807, 2.05) is 28.0 Å². The van der Waals surface area contributed by atoms with E-state index in [9.17, 15) is 14.9 Å². The maximum Gasteiger partial charge on any atom is 0.353 e. The molecule has 4 heterocycles. The van der Waals surface area contributed by atoms with Crippen LogP contribution in [0.15, 0.2) is 30.6 Å². The van der Waals surface area contributed by atoms with Crippen LogP contribution in [-0.4, -0.2) is 63.4 Å². The molecule has 2 aliphatic heterocycles. The number of fused-ring (bicyclic) bond motifs is 3. The third-order valence-electron chi connectivity index (χ3n) is 6.17. The molecule has 10 nitrogen and oxygen atoms in total. The number of anilines is 2. The minimum absolute atomic E-state index is 0.0139. The van der Waals surface area contributed by atoms with E-state index >= 15 is 0 Å². The molecule has 3 aromatic rings. The molecule has 2 aliphatic rings. The average Bonchev–Trinajstić information content (AvgIpc) is 3.16. The molecule has 1 saturated heterocycles. The fraction of sp³-hybridized carbons (Fsp3) is 0.381. The Morgan fingerprint density at radius 2 is 1.77 bits per heavy atom. The summed E-state index contributed by atoms with van der Waals surface area (Å²) in [4.78, 5) is 40.9. The number of nitrogens with zero attached hydrogens (tertiary/aromatic N) is 6. The largest absolute Gasteiger partial charge is 0.357 e. The van der Waals surface area contributed by atoms with Gasteiger partial charge in [0.1, 0.15) is 6.33 Å². The highest BCUT2D eigenvalue weighted by molar-refractivity contribution is 5.85. The van der Waals surface area contributed by atoms with Gasteiger partial charge in [0.15, 0.2) is 0 Å². The van der Waals surface area contributed by atoms with Gasteiger partial charge in [-0.05, 0) is 18.1 Å². The van der Waals surface area contributed by atoms with Crippen LogP contribution < -0.4 is 9.80 Å². The molecule has 0 bridgehead atoms. The molecule has 0 spiro atoms. The minimum Gasteiger partial charge on any atom is -0.357 e. The van der Waals surface area contributed by atoms with Crippen LogP contribution >= 0.6 is 0 Å². The van der Waals surface area contributed by atoms with Crippen molar-refractivity contribution in [3.05, 3.63) is 52.0 Å². The van der Waals surface area contributed by atoms with E-state index in [2.05, 4.69) is 21.0 Å². The summed E-state index contributed by atoms with van der Waals surface area (Å²) >= 11 is 0. The van der Waals surface area contributed by atoms with E-state index in [0.717, 1.165) is 17.6 Å². The molecule has 2 aromatic heterocycles. The molecule has 0 atom stereocenters. The van der Waals surface area contributed by atoms with Gasteiger partial charge in [-0.1, -0.05) is 18.2 Å². The number of rotatable bonds is 3. The third kappa shape index (κ3) is 3.33. The monoisotopic (exact) mass is 421 g/mol. The smallest absolute Gasteiger partial charge is 0.353 e. The maximum atomic E-state index is 12.1. The van der Waals surface area contributed by atoms with E-state index in [1.54, 1.807) is 4.90 Å². The molecular formula is C21H23N7O3. The van der Waals surface area contributed by atoms with Gasteiger partial charge < -0.3 is 19.7 Å². The zero-order chi connectivity index (χ0) is 21.5. The molecule has 160 valence electrons. The van der Waals surface area contributed by atoms with E-state index in [1.165, 1.54) is 24.2 Å². The number of carbonyl (C=O) groups is 1. The lowest BCUT2D eigenvalue weighted by Gasteiger charge is -2.35. The molecule has 10 heteroatoms. The minimum atomic E-state index is -0.386. The van der Waals surface area contributed by atoms with Gasteiger partial charge in [0, 0.05) is 56.2 Å². The average molecular weight is 421 g/mol. The number of aromatic amines is 1. The topological polar surface area (TPSA) is 112 Å². The van der Waals surface area contributed by atoms with Crippen molar-refractivity contribution in [1.29, 1.82) is 0 Å². The molecule has 1 amide bonds. The number of amides is 1. The van der Waals surface area contributed by atoms with Crippen molar-refractivity contribution in [1.82, 2.24) is 19.9 Å². The van der Waals surface area contributed by atoms with Crippen LogP contribution in [0.5, 0.6) is 0 Å². The predicted octanol–water partition coefficient (Wildman–Crippen LogP) is 2.10. The van der Waals surface area contributed by atoms with Crippen molar-refractivity contribution < 1.29 is 9.72 Å². The zero-order valence-corrected chi connectivity index (χ0v) is 17.2. The van der Waals surface area contributed by atoms with Crippen LogP contribution in [0.2, 0.25) is 0 Å². The maximum absolute atomic E-state index is 12.1. The Morgan fingerprint density at radius 1 is 1.06 bits per heavy atom. The molecule has 0 saturated carbocycles. The van der Waals surface area contributed by atoms with Gasteiger partial charge in [0.05, 0.1) is 11.5 Å². The first-order chi connectivity index (χ1) is 15.0. The molecular weight excluding hydrogens is 398 g/mol. The van der Waals surface area contributed by atoms with Crippen LogP contribution in [-0.2, 0) is 17.8 Å². The number of carbonyl (C=O) groups excluding carboxylic acids is 1. The Bertz CT molecular complexity index is 1170. The molecule has 0 radical (unpaired) electrons. The lowest BCUT2D eigenvalue weighted by Crippen LogP contribution is -2.48. The van der Waals surface area contributed by atoms with Gasteiger partial charge >= 0.3 is 5.69 Å². The summed E-state index contributed by atoms with van der Waals surface area (Å²) in [5, 5.41) is 13.3. The number of benzene rings is 1. The van der Waals surface area contributed by atoms with Crippen molar-refractivity contribution in [3.63, 3.8) is 0 Å². The standard InChI is InChI=1S/C21H23N7O3/c1-14(29)25-8-10-26(11-9-25)20-19(28(30)31)21(23-13-22-20)27-7-6-16-15-4-2-3-5-17(15)24-18(16)12-27/h2-5,13,24H,6-12H2,1H3. The van der Waals surface area contributed by atoms with Crippen LogP contribution in [0.1, 0.15) is 18.2 Å². The second kappa shape index (κ2) is 7.53. The Hall–Kier alpha value is -3.69.